The van der Waals surface area contributed by atoms with E-state index in [1.807, 2.05) is 36.4 Å². The van der Waals surface area contributed by atoms with Crippen LogP contribution in [0.4, 0.5) is 11.4 Å². The van der Waals surface area contributed by atoms with Crippen LogP contribution in [0.15, 0.2) is 82.4 Å². The van der Waals surface area contributed by atoms with Crippen molar-refractivity contribution in [2.75, 3.05) is 23.3 Å². The molecule has 3 aromatic rings. The molecule has 0 aliphatic heterocycles. The zero-order valence-corrected chi connectivity index (χ0v) is 19.6. The molecule has 6 nitrogen and oxygen atoms in total. The van der Waals surface area contributed by atoms with E-state index in [4.69, 9.17) is 0 Å². The van der Waals surface area contributed by atoms with Crippen molar-refractivity contribution in [2.45, 2.75) is 13.8 Å². The molecule has 7 heteroatoms. The van der Waals surface area contributed by atoms with Crippen LogP contribution >= 0.6 is 15.9 Å². The van der Waals surface area contributed by atoms with Crippen LogP contribution in [-0.2, 0) is 0 Å². The maximum absolute atomic E-state index is 12.4. The number of nitrogens with zero attached hydrogens (tertiary/aromatic N) is 2. The zero-order valence-electron chi connectivity index (χ0n) is 18.0. The molecule has 0 saturated carbocycles. The fraction of sp³-hybridized carbons (Fsp3) is 0.160. The number of carbonyl (C=O) groups is 2. The molecule has 0 bridgehead atoms. The van der Waals surface area contributed by atoms with Crippen LogP contribution in [0.1, 0.15) is 40.1 Å². The number of hydrazone groups is 1. The summed E-state index contributed by atoms with van der Waals surface area (Å²) in [5.74, 6) is -0.559. The topological polar surface area (TPSA) is 73.8 Å². The van der Waals surface area contributed by atoms with Crippen molar-refractivity contribution in [1.82, 2.24) is 5.43 Å². The Morgan fingerprint density at radius 1 is 0.906 bits per heavy atom. The summed E-state index contributed by atoms with van der Waals surface area (Å²) in [4.78, 5) is 27.0. The molecule has 0 aromatic heterocycles. The second-order valence-electron chi connectivity index (χ2n) is 6.97. The van der Waals surface area contributed by atoms with E-state index in [0.717, 1.165) is 24.3 Å². The second-order valence-corrected chi connectivity index (χ2v) is 7.83. The van der Waals surface area contributed by atoms with Crippen molar-refractivity contribution in [1.29, 1.82) is 0 Å². The van der Waals surface area contributed by atoms with E-state index in [2.05, 4.69) is 50.5 Å². The highest BCUT2D eigenvalue weighted by Crippen LogP contribution is 2.18. The minimum absolute atomic E-state index is 0.230. The Morgan fingerprint density at radius 3 is 2.19 bits per heavy atom. The minimum Gasteiger partial charge on any atom is -0.372 e. The summed E-state index contributed by atoms with van der Waals surface area (Å²) < 4.78 is 0.717. The third-order valence-electron chi connectivity index (χ3n) is 4.92. The van der Waals surface area contributed by atoms with Gasteiger partial charge in [-0.25, -0.2) is 5.43 Å². The van der Waals surface area contributed by atoms with E-state index in [0.29, 0.717) is 21.3 Å². The van der Waals surface area contributed by atoms with Crippen LogP contribution in [0.5, 0.6) is 0 Å². The van der Waals surface area contributed by atoms with Crippen molar-refractivity contribution in [3.05, 3.63) is 94.0 Å². The molecule has 3 rings (SSSR count). The summed E-state index contributed by atoms with van der Waals surface area (Å²) in [6.07, 6.45) is 1.61. The molecule has 164 valence electrons. The van der Waals surface area contributed by atoms with Crippen LogP contribution in [-0.4, -0.2) is 31.1 Å². The van der Waals surface area contributed by atoms with Crippen LogP contribution in [0, 0.1) is 0 Å². The molecule has 0 spiro atoms. The number of benzene rings is 3. The summed E-state index contributed by atoms with van der Waals surface area (Å²) in [5, 5.41) is 6.86. The van der Waals surface area contributed by atoms with E-state index in [1.54, 1.807) is 42.6 Å². The maximum Gasteiger partial charge on any atom is 0.271 e. The number of carbonyl (C=O) groups excluding carboxylic acids is 2. The van der Waals surface area contributed by atoms with Crippen molar-refractivity contribution < 1.29 is 9.59 Å². The Hall–Kier alpha value is -3.45. The van der Waals surface area contributed by atoms with Crippen LogP contribution in [0.3, 0.4) is 0 Å². The van der Waals surface area contributed by atoms with E-state index in [9.17, 15) is 9.59 Å². The molecule has 32 heavy (non-hydrogen) atoms. The predicted molar refractivity (Wildman–Crippen MR) is 134 cm³/mol. The van der Waals surface area contributed by atoms with Gasteiger partial charge in [0.25, 0.3) is 11.8 Å². The normalized spacial score (nSPS) is 10.7. The van der Waals surface area contributed by atoms with E-state index in [-0.39, 0.29) is 11.8 Å². The Labute approximate surface area is 196 Å². The van der Waals surface area contributed by atoms with Crippen LogP contribution in [0.2, 0.25) is 0 Å². The minimum atomic E-state index is -0.329. The predicted octanol–water partition coefficient (Wildman–Crippen LogP) is 5.31. The molecule has 3 aromatic carbocycles. The SMILES string of the molecule is CCN(CC)c1ccc(/C=N\NC(=O)c2ccc(NC(=O)c3ccccc3Br)cc2)cc1. The molecule has 0 aliphatic carbocycles. The average molecular weight is 493 g/mol. The molecule has 0 heterocycles. The first-order chi connectivity index (χ1) is 15.5. The van der Waals surface area contributed by atoms with Crippen molar-refractivity contribution in [3.63, 3.8) is 0 Å². The van der Waals surface area contributed by atoms with Gasteiger partial charge < -0.3 is 10.2 Å². The summed E-state index contributed by atoms with van der Waals surface area (Å²) >= 11 is 3.37. The van der Waals surface area contributed by atoms with E-state index >= 15 is 0 Å². The number of rotatable bonds is 8. The number of amides is 2. The Morgan fingerprint density at radius 2 is 1.56 bits per heavy atom. The molecular weight excluding hydrogens is 468 g/mol. The summed E-state index contributed by atoms with van der Waals surface area (Å²) in [7, 11) is 0. The molecule has 2 amide bonds. The van der Waals surface area contributed by atoms with Gasteiger partial charge in [-0.3, -0.25) is 9.59 Å². The molecular formula is C25H25BrN4O2. The number of nitrogens with one attached hydrogen (secondary N) is 2. The maximum atomic E-state index is 12.4. The first-order valence-corrected chi connectivity index (χ1v) is 11.2. The summed E-state index contributed by atoms with van der Waals surface area (Å²) in [6.45, 7) is 6.15. The van der Waals surface area contributed by atoms with Gasteiger partial charge in [0.15, 0.2) is 0 Å². The standard InChI is InChI=1S/C25H25BrN4O2/c1-3-30(4-2)21-15-9-18(10-16-21)17-27-29-24(31)19-11-13-20(14-12-19)28-25(32)22-7-5-6-8-23(22)26/h5-17H,3-4H2,1-2H3,(H,28,32)(H,29,31)/b27-17-. The molecule has 0 saturated heterocycles. The molecule has 2 N–H and O–H groups in total. The van der Waals surface area contributed by atoms with Crippen molar-refractivity contribution in [3.8, 4) is 0 Å². The summed E-state index contributed by atoms with van der Waals surface area (Å²) in [5.41, 5.74) is 6.15. The smallest absolute Gasteiger partial charge is 0.271 e. The molecule has 0 radical (unpaired) electrons. The number of halogens is 1. The van der Waals surface area contributed by atoms with Gasteiger partial charge in [0.1, 0.15) is 0 Å². The highest BCUT2D eigenvalue weighted by atomic mass is 79.9. The quantitative estimate of drug-likeness (QED) is 0.330. The number of hydrogen-bond acceptors (Lipinski definition) is 4. The van der Waals surface area contributed by atoms with Gasteiger partial charge in [-0.05, 0) is 83.9 Å². The Kier molecular flexibility index (Phi) is 8.16. The van der Waals surface area contributed by atoms with Gasteiger partial charge in [-0.1, -0.05) is 24.3 Å². The van der Waals surface area contributed by atoms with E-state index in [1.165, 1.54) is 0 Å². The monoisotopic (exact) mass is 492 g/mol. The fourth-order valence-electron chi connectivity index (χ4n) is 3.14. The van der Waals surface area contributed by atoms with Crippen molar-refractivity contribution >= 4 is 45.3 Å². The highest BCUT2D eigenvalue weighted by molar-refractivity contribution is 9.10. The highest BCUT2D eigenvalue weighted by Gasteiger charge is 2.10. The van der Waals surface area contributed by atoms with Crippen LogP contribution in [0.25, 0.3) is 0 Å². The Balaban J connectivity index is 1.55. The lowest BCUT2D eigenvalue weighted by molar-refractivity contribution is 0.0954. The van der Waals surface area contributed by atoms with Gasteiger partial charge in [-0.15, -0.1) is 0 Å². The first kappa shape index (κ1) is 23.2. The molecule has 0 fully saturated rings. The largest absolute Gasteiger partial charge is 0.372 e. The molecule has 0 aliphatic rings. The molecule has 0 unspecified atom stereocenters. The zero-order chi connectivity index (χ0) is 22.9. The first-order valence-electron chi connectivity index (χ1n) is 10.4. The number of hydrogen-bond donors (Lipinski definition) is 2. The average Bonchev–Trinajstić information content (AvgIpc) is 2.81. The second kappa shape index (κ2) is 11.2. The van der Waals surface area contributed by atoms with Gasteiger partial charge in [0.05, 0.1) is 11.8 Å². The number of anilines is 2. The lowest BCUT2D eigenvalue weighted by Crippen LogP contribution is -2.21. The van der Waals surface area contributed by atoms with Gasteiger partial charge in [0.2, 0.25) is 0 Å². The fourth-order valence-corrected chi connectivity index (χ4v) is 3.60. The Bertz CT molecular complexity index is 1090. The lowest BCUT2D eigenvalue weighted by atomic mass is 10.1. The summed E-state index contributed by atoms with van der Waals surface area (Å²) in [6, 6.07) is 21.8. The van der Waals surface area contributed by atoms with Crippen molar-refractivity contribution in [2.24, 2.45) is 5.10 Å². The van der Waals surface area contributed by atoms with Crippen LogP contribution < -0.4 is 15.6 Å². The van der Waals surface area contributed by atoms with Gasteiger partial charge in [0, 0.05) is 34.5 Å². The van der Waals surface area contributed by atoms with Gasteiger partial charge >= 0.3 is 0 Å². The van der Waals surface area contributed by atoms with Gasteiger partial charge in [-0.2, -0.15) is 5.10 Å². The lowest BCUT2D eigenvalue weighted by Gasteiger charge is -2.20. The third kappa shape index (κ3) is 6.04. The van der Waals surface area contributed by atoms with E-state index < -0.39 is 0 Å². The third-order valence-corrected chi connectivity index (χ3v) is 5.62. The molecule has 0 atom stereocenters.